The molecule has 2 aromatic rings. The molecule has 2 aromatic carbocycles. The van der Waals surface area contributed by atoms with Gasteiger partial charge in [0.1, 0.15) is 0 Å². The zero-order valence-corrected chi connectivity index (χ0v) is 16.9. The van der Waals surface area contributed by atoms with Crippen molar-refractivity contribution in [2.24, 2.45) is 5.92 Å². The van der Waals surface area contributed by atoms with E-state index in [1.807, 2.05) is 0 Å². The van der Waals surface area contributed by atoms with Crippen LogP contribution in [0.5, 0.6) is 0 Å². The fourth-order valence-corrected chi connectivity index (χ4v) is 5.66. The lowest BCUT2D eigenvalue weighted by Gasteiger charge is -2.41. The quantitative estimate of drug-likeness (QED) is 0.688. The zero-order chi connectivity index (χ0) is 21.7. The fraction of sp³-hybridized carbons (Fsp3) is 0.286. The standard InChI is InChI=1S/C21H15ClF3NO3S/c22-14-8-9-17-16(12-14)20(21(23,24)25,11-10-13-6-7-13)18(19(27)26-17)30(28,29)15-4-2-1-3-5-15/h1-5,8-9,12-13,18H,6-7H2,(H,26,27). The van der Waals surface area contributed by atoms with E-state index in [0.29, 0.717) is 12.8 Å². The van der Waals surface area contributed by atoms with Gasteiger partial charge in [0.05, 0.1) is 4.90 Å². The fourth-order valence-electron chi connectivity index (χ4n) is 3.56. The molecule has 1 fully saturated rings. The molecule has 1 saturated carbocycles. The summed E-state index contributed by atoms with van der Waals surface area (Å²) in [4.78, 5) is 12.5. The van der Waals surface area contributed by atoms with Gasteiger partial charge in [-0.15, -0.1) is 0 Å². The van der Waals surface area contributed by atoms with Gasteiger partial charge in [-0.25, -0.2) is 8.42 Å². The highest BCUT2D eigenvalue weighted by Gasteiger charge is 2.69. The first-order chi connectivity index (χ1) is 14.1. The van der Waals surface area contributed by atoms with E-state index in [9.17, 15) is 26.4 Å². The van der Waals surface area contributed by atoms with Crippen LogP contribution in [0.2, 0.25) is 5.02 Å². The Hall–Kier alpha value is -2.50. The third-order valence-electron chi connectivity index (χ3n) is 5.18. The number of nitrogens with one attached hydrogen (secondary N) is 1. The van der Waals surface area contributed by atoms with Crippen molar-refractivity contribution in [2.45, 2.75) is 34.6 Å². The number of carbonyl (C=O) groups excluding carboxylic acids is 1. The molecule has 4 rings (SSSR count). The van der Waals surface area contributed by atoms with E-state index in [1.165, 1.54) is 30.3 Å². The Morgan fingerprint density at radius 3 is 2.37 bits per heavy atom. The van der Waals surface area contributed by atoms with Crippen molar-refractivity contribution in [1.29, 1.82) is 0 Å². The second-order valence-electron chi connectivity index (χ2n) is 7.27. The van der Waals surface area contributed by atoms with Crippen molar-refractivity contribution in [3.63, 3.8) is 0 Å². The molecule has 1 aliphatic carbocycles. The first-order valence-electron chi connectivity index (χ1n) is 9.06. The Kier molecular flexibility index (Phi) is 4.87. The van der Waals surface area contributed by atoms with E-state index in [0.717, 1.165) is 18.2 Å². The van der Waals surface area contributed by atoms with Crippen LogP contribution in [0.1, 0.15) is 18.4 Å². The van der Waals surface area contributed by atoms with Crippen LogP contribution in [0.25, 0.3) is 0 Å². The highest BCUT2D eigenvalue weighted by atomic mass is 35.5. The van der Waals surface area contributed by atoms with Crippen LogP contribution in [-0.2, 0) is 20.0 Å². The lowest BCUT2D eigenvalue weighted by Crippen LogP contribution is -2.61. The number of hydrogen-bond acceptors (Lipinski definition) is 3. The summed E-state index contributed by atoms with van der Waals surface area (Å²) in [5.41, 5.74) is -3.89. The molecule has 1 heterocycles. The van der Waals surface area contributed by atoms with E-state index < -0.39 is 43.0 Å². The van der Waals surface area contributed by atoms with Crippen molar-refractivity contribution < 1.29 is 26.4 Å². The predicted molar refractivity (Wildman–Crippen MR) is 106 cm³/mol. The molecule has 2 aliphatic rings. The second kappa shape index (κ2) is 7.03. The minimum absolute atomic E-state index is 0.0254. The first-order valence-corrected chi connectivity index (χ1v) is 11.0. The predicted octanol–water partition coefficient (Wildman–Crippen LogP) is 4.35. The molecule has 0 saturated heterocycles. The van der Waals surface area contributed by atoms with Gasteiger partial charge in [-0.2, -0.15) is 13.2 Å². The van der Waals surface area contributed by atoms with Gasteiger partial charge in [-0.3, -0.25) is 4.79 Å². The molecule has 2 atom stereocenters. The smallest absolute Gasteiger partial charge is 0.325 e. The number of amides is 1. The Bertz CT molecular complexity index is 1180. The summed E-state index contributed by atoms with van der Waals surface area (Å²) in [5, 5.41) is -0.250. The maximum Gasteiger partial charge on any atom is 0.411 e. The van der Waals surface area contributed by atoms with Gasteiger partial charge in [0.2, 0.25) is 5.91 Å². The molecule has 9 heteroatoms. The second-order valence-corrected chi connectivity index (χ2v) is 9.74. The zero-order valence-electron chi connectivity index (χ0n) is 15.3. The molecule has 156 valence electrons. The van der Waals surface area contributed by atoms with Gasteiger partial charge in [0.25, 0.3) is 0 Å². The van der Waals surface area contributed by atoms with Crippen LogP contribution >= 0.6 is 11.6 Å². The van der Waals surface area contributed by atoms with Crippen molar-refractivity contribution in [3.8, 4) is 11.8 Å². The summed E-state index contributed by atoms with van der Waals surface area (Å²) in [6.07, 6.45) is -3.91. The Morgan fingerprint density at radius 2 is 1.77 bits per heavy atom. The molecule has 1 aliphatic heterocycles. The average Bonchev–Trinajstić information content (AvgIpc) is 3.50. The topological polar surface area (TPSA) is 63.2 Å². The highest BCUT2D eigenvalue weighted by molar-refractivity contribution is 7.93. The number of sulfone groups is 1. The van der Waals surface area contributed by atoms with Gasteiger partial charge in [-0.05, 0) is 43.2 Å². The molecular formula is C21H15ClF3NO3S. The van der Waals surface area contributed by atoms with Gasteiger partial charge < -0.3 is 5.32 Å². The van der Waals surface area contributed by atoms with Gasteiger partial charge in [0.15, 0.2) is 20.5 Å². The molecular weight excluding hydrogens is 439 g/mol. The first kappa shape index (κ1) is 20.8. The van der Waals surface area contributed by atoms with Crippen LogP contribution in [0.4, 0.5) is 18.9 Å². The molecule has 2 unspecified atom stereocenters. The third-order valence-corrected chi connectivity index (χ3v) is 7.53. The number of halogens is 4. The Labute approximate surface area is 176 Å². The molecule has 4 nitrogen and oxygen atoms in total. The summed E-state index contributed by atoms with van der Waals surface area (Å²) >= 11 is 5.97. The normalized spacial score (nSPS) is 23.7. The molecule has 30 heavy (non-hydrogen) atoms. The SMILES string of the molecule is O=C1Nc2ccc(Cl)cc2C(C#CC2CC2)(C(F)(F)F)C1S(=O)(=O)c1ccccc1. The van der Waals surface area contributed by atoms with Crippen LogP contribution in [-0.4, -0.2) is 25.8 Å². The maximum absolute atomic E-state index is 14.8. The minimum Gasteiger partial charge on any atom is -0.325 e. The number of anilines is 1. The number of hydrogen-bond donors (Lipinski definition) is 1. The average molecular weight is 454 g/mol. The number of rotatable bonds is 2. The van der Waals surface area contributed by atoms with Gasteiger partial charge in [-0.1, -0.05) is 41.6 Å². The van der Waals surface area contributed by atoms with Crippen LogP contribution in [0.15, 0.2) is 53.4 Å². The summed E-state index contributed by atoms with van der Waals surface area (Å²) in [6, 6.07) is 10.2. The van der Waals surface area contributed by atoms with Crippen LogP contribution < -0.4 is 5.32 Å². The largest absolute Gasteiger partial charge is 0.411 e. The van der Waals surface area contributed by atoms with E-state index >= 15 is 0 Å². The van der Waals surface area contributed by atoms with Crippen molar-refractivity contribution in [2.75, 3.05) is 5.32 Å². The van der Waals surface area contributed by atoms with Crippen molar-refractivity contribution in [3.05, 3.63) is 59.1 Å². The highest BCUT2D eigenvalue weighted by Crippen LogP contribution is 2.52. The Morgan fingerprint density at radius 1 is 1.10 bits per heavy atom. The summed E-state index contributed by atoms with van der Waals surface area (Å²) in [6.45, 7) is 0. The van der Waals surface area contributed by atoms with Crippen LogP contribution in [0.3, 0.4) is 0 Å². The van der Waals surface area contributed by atoms with Gasteiger partial charge in [0, 0.05) is 22.2 Å². The number of fused-ring (bicyclic) bond motifs is 1. The van der Waals surface area contributed by atoms with Crippen LogP contribution in [0, 0.1) is 17.8 Å². The third kappa shape index (κ3) is 3.26. The van der Waals surface area contributed by atoms with Crippen molar-refractivity contribution in [1.82, 2.24) is 0 Å². The molecule has 0 spiro atoms. The van der Waals surface area contributed by atoms with E-state index in [4.69, 9.17) is 11.6 Å². The van der Waals surface area contributed by atoms with E-state index in [1.54, 1.807) is 0 Å². The van der Waals surface area contributed by atoms with Crippen molar-refractivity contribution >= 4 is 33.0 Å². The summed E-state index contributed by atoms with van der Waals surface area (Å²) in [7, 11) is -4.76. The molecule has 1 N–H and O–H groups in total. The number of benzene rings is 2. The minimum atomic E-state index is -5.17. The Balaban J connectivity index is 2.07. The number of carbonyl (C=O) groups is 1. The van der Waals surface area contributed by atoms with E-state index in [2.05, 4.69) is 17.2 Å². The molecule has 1 amide bonds. The summed E-state index contributed by atoms with van der Waals surface area (Å²) in [5.74, 6) is 3.22. The lowest BCUT2D eigenvalue weighted by molar-refractivity contribution is -0.176. The molecule has 0 radical (unpaired) electrons. The van der Waals surface area contributed by atoms with E-state index in [-0.39, 0.29) is 16.6 Å². The monoisotopic (exact) mass is 453 g/mol. The van der Waals surface area contributed by atoms with Gasteiger partial charge >= 0.3 is 6.18 Å². The number of alkyl halides is 3. The lowest BCUT2D eigenvalue weighted by atomic mass is 9.73. The maximum atomic E-state index is 14.8. The summed E-state index contributed by atoms with van der Waals surface area (Å²) < 4.78 is 71.0. The molecule has 0 bridgehead atoms. The molecule has 0 aromatic heterocycles.